The Balaban J connectivity index is 2.21. The molecule has 0 bridgehead atoms. The fraction of sp³-hybridized carbons (Fsp3) is 0.733. The van der Waals surface area contributed by atoms with Crippen molar-refractivity contribution in [2.45, 2.75) is 64.3 Å². The number of amides is 1. The molecule has 1 aliphatic carbocycles. The smallest absolute Gasteiger partial charge is 0.257 e. The molecule has 0 aliphatic heterocycles. The van der Waals surface area contributed by atoms with Crippen LogP contribution in [0.4, 0.5) is 0 Å². The summed E-state index contributed by atoms with van der Waals surface area (Å²) in [7, 11) is 0. The maximum absolute atomic E-state index is 12.6. The lowest BCUT2D eigenvalue weighted by atomic mass is 9.82. The highest BCUT2D eigenvalue weighted by Gasteiger charge is 2.35. The molecular formula is C15H24N2O3. The van der Waals surface area contributed by atoms with Crippen molar-refractivity contribution in [3.63, 3.8) is 0 Å². The van der Waals surface area contributed by atoms with Crippen LogP contribution in [0.5, 0.6) is 0 Å². The molecule has 20 heavy (non-hydrogen) atoms. The highest BCUT2D eigenvalue weighted by atomic mass is 16.5. The van der Waals surface area contributed by atoms with E-state index in [0.717, 1.165) is 25.7 Å². The van der Waals surface area contributed by atoms with Gasteiger partial charge in [0, 0.05) is 5.92 Å². The zero-order valence-electron chi connectivity index (χ0n) is 12.5. The monoisotopic (exact) mass is 280 g/mol. The summed E-state index contributed by atoms with van der Waals surface area (Å²) < 4.78 is 5.26. The van der Waals surface area contributed by atoms with Crippen LogP contribution >= 0.6 is 0 Å². The van der Waals surface area contributed by atoms with E-state index in [9.17, 15) is 9.90 Å². The SMILES string of the molecule is Cc1noc(C(C)C)c1C(=O)NC1(CO)CCCCC1. The van der Waals surface area contributed by atoms with Crippen LogP contribution in [0.2, 0.25) is 0 Å². The van der Waals surface area contributed by atoms with Crippen molar-refractivity contribution in [1.82, 2.24) is 10.5 Å². The quantitative estimate of drug-likeness (QED) is 0.888. The van der Waals surface area contributed by atoms with Gasteiger partial charge in [0.25, 0.3) is 5.91 Å². The molecule has 1 aromatic heterocycles. The van der Waals surface area contributed by atoms with Crippen molar-refractivity contribution < 1.29 is 14.4 Å². The Kier molecular flexibility index (Phi) is 4.48. The summed E-state index contributed by atoms with van der Waals surface area (Å²) in [5.74, 6) is 0.542. The van der Waals surface area contributed by atoms with Gasteiger partial charge in [-0.3, -0.25) is 4.79 Å². The molecule has 0 spiro atoms. The predicted octanol–water partition coefficient (Wildman–Crippen LogP) is 2.53. The van der Waals surface area contributed by atoms with Crippen molar-refractivity contribution in [3.8, 4) is 0 Å². The van der Waals surface area contributed by atoms with Crippen LogP contribution < -0.4 is 5.32 Å². The summed E-state index contributed by atoms with van der Waals surface area (Å²) in [6.45, 7) is 5.70. The molecular weight excluding hydrogens is 256 g/mol. The zero-order valence-corrected chi connectivity index (χ0v) is 12.5. The Morgan fingerprint density at radius 2 is 2.05 bits per heavy atom. The summed E-state index contributed by atoms with van der Waals surface area (Å²) in [4.78, 5) is 12.6. The summed E-state index contributed by atoms with van der Waals surface area (Å²) in [6.07, 6.45) is 4.91. The number of rotatable bonds is 4. The fourth-order valence-corrected chi connectivity index (χ4v) is 2.91. The van der Waals surface area contributed by atoms with E-state index in [4.69, 9.17) is 4.52 Å². The highest BCUT2D eigenvalue weighted by Crippen LogP contribution is 2.29. The third kappa shape index (κ3) is 2.87. The molecule has 1 fully saturated rings. The predicted molar refractivity (Wildman–Crippen MR) is 75.7 cm³/mol. The molecule has 5 heteroatoms. The van der Waals surface area contributed by atoms with Gasteiger partial charge in [-0.05, 0) is 19.8 Å². The second-order valence-corrected chi connectivity index (χ2v) is 6.12. The highest BCUT2D eigenvalue weighted by molar-refractivity contribution is 5.96. The molecule has 0 aromatic carbocycles. The Morgan fingerprint density at radius 1 is 1.40 bits per heavy atom. The number of nitrogens with one attached hydrogen (secondary N) is 1. The molecule has 0 saturated heterocycles. The maximum Gasteiger partial charge on any atom is 0.257 e. The lowest BCUT2D eigenvalue weighted by Crippen LogP contribution is -2.52. The standard InChI is InChI=1S/C15H24N2O3/c1-10(2)13-12(11(3)17-20-13)14(19)16-15(9-18)7-5-4-6-8-15/h10,18H,4-9H2,1-3H3,(H,16,19). The number of carbonyl (C=O) groups excluding carboxylic acids is 1. The Labute approximate surface area is 119 Å². The molecule has 1 saturated carbocycles. The molecule has 1 aromatic rings. The lowest BCUT2D eigenvalue weighted by molar-refractivity contribution is 0.0756. The van der Waals surface area contributed by atoms with Crippen LogP contribution in [0.3, 0.4) is 0 Å². The van der Waals surface area contributed by atoms with Gasteiger partial charge in [-0.2, -0.15) is 0 Å². The van der Waals surface area contributed by atoms with Crippen LogP contribution in [0.1, 0.15) is 73.7 Å². The Hall–Kier alpha value is -1.36. The number of hydrogen-bond acceptors (Lipinski definition) is 4. The van der Waals surface area contributed by atoms with Crippen molar-refractivity contribution in [3.05, 3.63) is 17.0 Å². The number of carbonyl (C=O) groups is 1. The second-order valence-electron chi connectivity index (χ2n) is 6.12. The summed E-state index contributed by atoms with van der Waals surface area (Å²) in [5, 5.41) is 16.6. The first kappa shape index (κ1) is 15.0. The maximum atomic E-state index is 12.6. The third-order valence-electron chi connectivity index (χ3n) is 4.13. The van der Waals surface area contributed by atoms with Crippen LogP contribution in [0.15, 0.2) is 4.52 Å². The van der Waals surface area contributed by atoms with Crippen LogP contribution in [-0.4, -0.2) is 28.3 Å². The number of aliphatic hydroxyl groups excluding tert-OH is 1. The summed E-state index contributed by atoms with van der Waals surface area (Å²) in [5.41, 5.74) is 0.654. The molecule has 112 valence electrons. The van der Waals surface area contributed by atoms with Gasteiger partial charge in [-0.15, -0.1) is 0 Å². The number of hydrogen-bond donors (Lipinski definition) is 2. The number of aryl methyl sites for hydroxylation is 1. The molecule has 2 rings (SSSR count). The van der Waals surface area contributed by atoms with E-state index in [-0.39, 0.29) is 18.4 Å². The molecule has 0 radical (unpaired) electrons. The molecule has 0 atom stereocenters. The van der Waals surface area contributed by atoms with Crippen LogP contribution in [0, 0.1) is 6.92 Å². The van der Waals surface area contributed by atoms with E-state index in [1.807, 2.05) is 13.8 Å². The average molecular weight is 280 g/mol. The first-order valence-corrected chi connectivity index (χ1v) is 7.38. The third-order valence-corrected chi connectivity index (χ3v) is 4.13. The van der Waals surface area contributed by atoms with Crippen molar-refractivity contribution in [2.75, 3.05) is 6.61 Å². The van der Waals surface area contributed by atoms with Gasteiger partial charge in [0.1, 0.15) is 5.56 Å². The molecule has 5 nitrogen and oxygen atoms in total. The van der Waals surface area contributed by atoms with E-state index < -0.39 is 5.54 Å². The van der Waals surface area contributed by atoms with E-state index in [1.165, 1.54) is 6.42 Å². The van der Waals surface area contributed by atoms with Crippen molar-refractivity contribution in [1.29, 1.82) is 0 Å². The lowest BCUT2D eigenvalue weighted by Gasteiger charge is -2.36. The minimum absolute atomic E-state index is 0.0138. The number of aliphatic hydroxyl groups is 1. The molecule has 0 unspecified atom stereocenters. The van der Waals surface area contributed by atoms with Gasteiger partial charge in [0.15, 0.2) is 5.76 Å². The second kappa shape index (κ2) is 5.95. The molecule has 1 aliphatic rings. The Bertz CT molecular complexity index is 473. The average Bonchev–Trinajstić information content (AvgIpc) is 2.82. The molecule has 1 amide bonds. The number of nitrogens with zero attached hydrogens (tertiary/aromatic N) is 1. The normalized spacial score (nSPS) is 18.2. The topological polar surface area (TPSA) is 75.4 Å². The van der Waals surface area contributed by atoms with E-state index in [1.54, 1.807) is 6.92 Å². The molecule has 2 N–H and O–H groups in total. The summed E-state index contributed by atoms with van der Waals surface area (Å²) in [6, 6.07) is 0. The van der Waals surface area contributed by atoms with E-state index >= 15 is 0 Å². The van der Waals surface area contributed by atoms with E-state index in [2.05, 4.69) is 10.5 Å². The minimum atomic E-state index is -0.479. The Morgan fingerprint density at radius 3 is 2.60 bits per heavy atom. The van der Waals surface area contributed by atoms with Crippen LogP contribution in [0.25, 0.3) is 0 Å². The van der Waals surface area contributed by atoms with Gasteiger partial charge in [-0.25, -0.2) is 0 Å². The molecule has 1 heterocycles. The van der Waals surface area contributed by atoms with Crippen LogP contribution in [-0.2, 0) is 0 Å². The van der Waals surface area contributed by atoms with Crippen molar-refractivity contribution >= 4 is 5.91 Å². The van der Waals surface area contributed by atoms with Gasteiger partial charge in [-0.1, -0.05) is 38.3 Å². The fourth-order valence-electron chi connectivity index (χ4n) is 2.91. The van der Waals surface area contributed by atoms with Gasteiger partial charge >= 0.3 is 0 Å². The minimum Gasteiger partial charge on any atom is -0.394 e. The first-order valence-electron chi connectivity index (χ1n) is 7.38. The van der Waals surface area contributed by atoms with Gasteiger partial charge in [0.05, 0.1) is 17.8 Å². The zero-order chi connectivity index (χ0) is 14.8. The van der Waals surface area contributed by atoms with Crippen molar-refractivity contribution in [2.24, 2.45) is 0 Å². The first-order chi connectivity index (χ1) is 9.49. The van der Waals surface area contributed by atoms with Gasteiger partial charge < -0.3 is 14.9 Å². The van der Waals surface area contributed by atoms with E-state index in [0.29, 0.717) is 17.0 Å². The number of aromatic nitrogens is 1. The largest absolute Gasteiger partial charge is 0.394 e. The van der Waals surface area contributed by atoms with Gasteiger partial charge in [0.2, 0.25) is 0 Å². The summed E-state index contributed by atoms with van der Waals surface area (Å²) >= 11 is 0.